The van der Waals surface area contributed by atoms with Crippen LogP contribution in [0.25, 0.3) is 0 Å². The monoisotopic (exact) mass is 1120 g/mol. The van der Waals surface area contributed by atoms with Crippen LogP contribution in [0.2, 0.25) is 0 Å². The van der Waals surface area contributed by atoms with Crippen LogP contribution in [0, 0.1) is 0 Å². The van der Waals surface area contributed by atoms with Crippen LogP contribution in [0.15, 0.2) is 48.6 Å². The highest BCUT2D eigenvalue weighted by Crippen LogP contribution is 2.26. The summed E-state index contributed by atoms with van der Waals surface area (Å²) in [4.78, 5) is 26.5. The van der Waals surface area contributed by atoms with Crippen LogP contribution in [0.1, 0.15) is 310 Å². The van der Waals surface area contributed by atoms with Gasteiger partial charge in [-0.25, -0.2) is 0 Å². The molecule has 0 saturated carbocycles. The zero-order chi connectivity index (χ0) is 57.5. The molecule has 0 aromatic heterocycles. The van der Waals surface area contributed by atoms with E-state index in [2.05, 4.69) is 62.5 Å². The summed E-state index contributed by atoms with van der Waals surface area (Å²) in [5.41, 5.74) is 0. The maximum atomic E-state index is 13.4. The summed E-state index contributed by atoms with van der Waals surface area (Å²) in [6, 6.07) is -1.02. The van der Waals surface area contributed by atoms with Gasteiger partial charge in [-0.1, -0.05) is 288 Å². The fourth-order valence-corrected chi connectivity index (χ4v) is 10.4. The van der Waals surface area contributed by atoms with Gasteiger partial charge in [-0.3, -0.25) is 9.59 Å². The van der Waals surface area contributed by atoms with Crippen LogP contribution in [0.5, 0.6) is 0 Å². The van der Waals surface area contributed by atoms with Crippen molar-refractivity contribution >= 4 is 11.9 Å². The Labute approximate surface area is 485 Å². The molecule has 8 unspecified atom stereocenters. The Balaban J connectivity index is 2.53. The van der Waals surface area contributed by atoms with Crippen molar-refractivity contribution in [2.24, 2.45) is 0 Å². The minimum atomic E-state index is -1.61. The van der Waals surface area contributed by atoms with Crippen molar-refractivity contribution in [3.05, 3.63) is 48.6 Å². The van der Waals surface area contributed by atoms with Gasteiger partial charge < -0.3 is 45.1 Å². The molecule has 0 radical (unpaired) electrons. The first-order valence-electron chi connectivity index (χ1n) is 33.4. The molecule has 1 amide bonds. The molecule has 1 rings (SSSR count). The number of carbonyl (C=O) groups excluding carboxylic acids is 2. The number of aliphatic hydroxyl groups is 5. The molecule has 1 aliphatic rings. The average Bonchev–Trinajstić information content (AvgIpc) is 3.47. The summed E-state index contributed by atoms with van der Waals surface area (Å²) in [5.74, 6) is -1.19. The van der Waals surface area contributed by atoms with Crippen molar-refractivity contribution in [2.45, 2.75) is 359 Å². The highest BCUT2D eigenvalue weighted by atomic mass is 16.7. The molecule has 1 saturated heterocycles. The Morgan fingerprint density at radius 3 is 1.33 bits per heavy atom. The molecule has 0 spiro atoms. The molecule has 462 valence electrons. The van der Waals surface area contributed by atoms with E-state index < -0.39 is 67.4 Å². The molecule has 11 heteroatoms. The molecule has 1 fully saturated rings. The average molecular weight is 1120 g/mol. The molecule has 8 atom stereocenters. The van der Waals surface area contributed by atoms with Gasteiger partial charge in [0, 0.05) is 6.42 Å². The summed E-state index contributed by atoms with van der Waals surface area (Å²) < 4.78 is 17.6. The minimum absolute atomic E-state index is 0.125. The summed E-state index contributed by atoms with van der Waals surface area (Å²) in [6.45, 7) is 5.77. The van der Waals surface area contributed by atoms with Gasteiger partial charge in [-0.05, 0) is 64.2 Å². The zero-order valence-corrected chi connectivity index (χ0v) is 51.2. The van der Waals surface area contributed by atoms with Crippen molar-refractivity contribution in [1.82, 2.24) is 5.32 Å². The van der Waals surface area contributed by atoms with E-state index in [1.165, 1.54) is 193 Å². The third kappa shape index (κ3) is 43.9. The quantitative estimate of drug-likeness (QED) is 0.0195. The smallest absolute Gasteiger partial charge is 0.306 e. The second-order valence-corrected chi connectivity index (χ2v) is 23.2. The van der Waals surface area contributed by atoms with E-state index in [-0.39, 0.29) is 13.0 Å². The molecule has 0 aromatic rings. The molecule has 1 heterocycles. The Hall–Kier alpha value is -2.38. The lowest BCUT2D eigenvalue weighted by molar-refractivity contribution is -0.305. The number of ether oxygens (including phenoxy) is 3. The summed E-state index contributed by atoms with van der Waals surface area (Å²) in [6.07, 6.45) is 58.8. The Bertz CT molecular complexity index is 1470. The van der Waals surface area contributed by atoms with E-state index in [0.717, 1.165) is 70.6 Å². The van der Waals surface area contributed by atoms with Gasteiger partial charge in [-0.2, -0.15) is 0 Å². The van der Waals surface area contributed by atoms with E-state index in [9.17, 15) is 35.1 Å². The molecule has 1 aliphatic heterocycles. The number of rotatable bonds is 57. The minimum Gasteiger partial charge on any atom is -0.454 e. The first-order chi connectivity index (χ1) is 38.7. The first kappa shape index (κ1) is 74.6. The van der Waals surface area contributed by atoms with Gasteiger partial charge in [0.05, 0.1) is 25.4 Å². The number of aliphatic hydroxyl groups excluding tert-OH is 5. The van der Waals surface area contributed by atoms with Crippen molar-refractivity contribution in [1.29, 1.82) is 0 Å². The fraction of sp³-hybridized carbons (Fsp3) is 0.853. The maximum absolute atomic E-state index is 13.4. The van der Waals surface area contributed by atoms with Crippen LogP contribution in [-0.4, -0.2) is 99.6 Å². The second-order valence-electron chi connectivity index (χ2n) is 23.2. The highest BCUT2D eigenvalue weighted by molar-refractivity contribution is 5.80. The maximum Gasteiger partial charge on any atom is 0.306 e. The number of nitrogens with one attached hydrogen (secondary N) is 1. The molecule has 0 bridgehead atoms. The zero-order valence-electron chi connectivity index (χ0n) is 51.2. The lowest BCUT2D eigenvalue weighted by Gasteiger charge is -2.41. The molecule has 0 aliphatic carbocycles. The standard InChI is InChI=1S/C68H125NO10/c1-4-7-10-13-16-19-22-24-25-26-27-28-29-30-31-32-33-34-35-36-37-39-41-44-47-50-53-56-63(73)79-66-65(75)64(74)62(57-70)78-68(66)77-58-59(60(71)54-51-48-45-43-40-38-23-20-17-14-11-8-5-2)69-67(76)61(72)55-52-49-46-42-21-18-15-12-9-6-3/h16,19,24-25,27-28,51,54,59-62,64-66,68,70-72,74-75H,4-15,17-18,20-23,26,29-50,52-53,55-58H2,1-3H3,(H,69,76)/b19-16-,25-24-,28-27-,54-51+. The normalized spacial score (nSPS) is 19.1. The topological polar surface area (TPSA) is 175 Å². The van der Waals surface area contributed by atoms with Crippen LogP contribution in [0.4, 0.5) is 0 Å². The van der Waals surface area contributed by atoms with Gasteiger partial charge in [0.2, 0.25) is 5.91 Å². The van der Waals surface area contributed by atoms with Crippen LogP contribution in [0.3, 0.4) is 0 Å². The second kappa shape index (κ2) is 56.1. The van der Waals surface area contributed by atoms with Crippen LogP contribution < -0.4 is 5.32 Å². The van der Waals surface area contributed by atoms with E-state index in [0.29, 0.717) is 19.3 Å². The predicted molar refractivity (Wildman–Crippen MR) is 329 cm³/mol. The highest BCUT2D eigenvalue weighted by Gasteiger charge is 2.47. The van der Waals surface area contributed by atoms with Crippen molar-refractivity contribution < 1.29 is 49.3 Å². The van der Waals surface area contributed by atoms with Gasteiger partial charge in [0.15, 0.2) is 12.4 Å². The number of unbranched alkanes of at least 4 members (excludes halogenated alkanes) is 37. The van der Waals surface area contributed by atoms with Crippen LogP contribution in [-0.2, 0) is 23.8 Å². The Morgan fingerprint density at radius 1 is 0.494 bits per heavy atom. The number of amides is 1. The Morgan fingerprint density at radius 2 is 0.873 bits per heavy atom. The van der Waals surface area contributed by atoms with Gasteiger partial charge in [-0.15, -0.1) is 0 Å². The third-order valence-corrected chi connectivity index (χ3v) is 15.7. The van der Waals surface area contributed by atoms with Crippen LogP contribution >= 0.6 is 0 Å². The van der Waals surface area contributed by atoms with Gasteiger partial charge in [0.25, 0.3) is 0 Å². The fourth-order valence-electron chi connectivity index (χ4n) is 10.4. The lowest BCUT2D eigenvalue weighted by Crippen LogP contribution is -2.61. The van der Waals surface area contributed by atoms with Crippen molar-refractivity contribution in [3.63, 3.8) is 0 Å². The van der Waals surface area contributed by atoms with Crippen molar-refractivity contribution in [2.75, 3.05) is 13.2 Å². The van der Waals surface area contributed by atoms with Crippen molar-refractivity contribution in [3.8, 4) is 0 Å². The molecule has 11 nitrogen and oxygen atoms in total. The van der Waals surface area contributed by atoms with E-state index in [1.807, 2.05) is 6.08 Å². The SMILES string of the molecule is CCCCC/C=C\C/C=C\C/C=C\CCCCCCCCCCCCCCCCC(=O)OC1C(OCC(NC(=O)C(O)CCCCCCCCCCCC)C(O)/C=C/CCCCCCCCCCCCC)OC(CO)C(O)C1O. The van der Waals surface area contributed by atoms with E-state index in [1.54, 1.807) is 6.08 Å². The number of hydrogen-bond acceptors (Lipinski definition) is 10. The number of esters is 1. The molecular formula is C68H125NO10. The third-order valence-electron chi connectivity index (χ3n) is 15.7. The van der Waals surface area contributed by atoms with Gasteiger partial charge >= 0.3 is 5.97 Å². The molecule has 79 heavy (non-hydrogen) atoms. The predicted octanol–water partition coefficient (Wildman–Crippen LogP) is 16.4. The lowest BCUT2D eigenvalue weighted by atomic mass is 9.99. The molecular weight excluding hydrogens is 991 g/mol. The Kier molecular flexibility index (Phi) is 53.0. The number of allylic oxidation sites excluding steroid dienone is 7. The molecule has 6 N–H and O–H groups in total. The summed E-state index contributed by atoms with van der Waals surface area (Å²) >= 11 is 0. The molecule has 0 aromatic carbocycles. The summed E-state index contributed by atoms with van der Waals surface area (Å²) in [5, 5.41) is 57.0. The largest absolute Gasteiger partial charge is 0.454 e. The van der Waals surface area contributed by atoms with Gasteiger partial charge in [0.1, 0.15) is 24.4 Å². The number of hydrogen-bond donors (Lipinski definition) is 6. The number of carbonyl (C=O) groups is 2. The van der Waals surface area contributed by atoms with E-state index in [4.69, 9.17) is 14.2 Å². The summed E-state index contributed by atoms with van der Waals surface area (Å²) in [7, 11) is 0. The van der Waals surface area contributed by atoms with E-state index >= 15 is 0 Å². The first-order valence-corrected chi connectivity index (χ1v) is 33.4.